The van der Waals surface area contributed by atoms with E-state index >= 15 is 0 Å². The van der Waals surface area contributed by atoms with E-state index in [0.717, 1.165) is 25.9 Å². The van der Waals surface area contributed by atoms with Gasteiger partial charge in [0.25, 0.3) is 0 Å². The van der Waals surface area contributed by atoms with Crippen LogP contribution in [-0.2, 0) is 9.59 Å². The second kappa shape index (κ2) is 5.11. The van der Waals surface area contributed by atoms with Gasteiger partial charge in [-0.25, -0.2) is 0 Å². The number of carbonyl (C=O) groups is 2. The van der Waals surface area contributed by atoms with Crippen LogP contribution in [0.1, 0.15) is 32.1 Å². The fourth-order valence-corrected chi connectivity index (χ4v) is 4.54. The topological polar surface area (TPSA) is 40.6 Å². The number of nitrogens with zero attached hydrogens (tertiary/aromatic N) is 2. The number of piperazine rings is 1. The van der Waals surface area contributed by atoms with Gasteiger partial charge in [-0.2, -0.15) is 11.8 Å². The Balaban J connectivity index is 1.65. The second-order valence-corrected chi connectivity index (χ2v) is 6.86. The Kier molecular flexibility index (Phi) is 3.50. The molecule has 3 saturated heterocycles. The van der Waals surface area contributed by atoms with Crippen molar-refractivity contribution in [2.45, 2.75) is 43.4 Å². The van der Waals surface area contributed by atoms with E-state index in [2.05, 4.69) is 0 Å². The molecule has 0 saturated carbocycles. The average molecular weight is 268 g/mol. The molecule has 0 aromatic rings. The molecule has 0 radical (unpaired) electrons. The molecule has 0 aliphatic carbocycles. The predicted molar refractivity (Wildman–Crippen MR) is 71.4 cm³/mol. The molecule has 18 heavy (non-hydrogen) atoms. The van der Waals surface area contributed by atoms with Gasteiger partial charge in [-0.1, -0.05) is 6.42 Å². The van der Waals surface area contributed by atoms with Gasteiger partial charge in [-0.15, -0.1) is 0 Å². The molecule has 0 bridgehead atoms. The molecular weight excluding hydrogens is 248 g/mol. The van der Waals surface area contributed by atoms with Crippen LogP contribution >= 0.6 is 11.8 Å². The molecule has 5 heteroatoms. The van der Waals surface area contributed by atoms with E-state index in [4.69, 9.17) is 0 Å². The largest absolute Gasteiger partial charge is 0.330 e. The first kappa shape index (κ1) is 12.3. The first-order chi connectivity index (χ1) is 8.75. The zero-order valence-electron chi connectivity index (χ0n) is 10.6. The molecule has 2 atom stereocenters. The predicted octanol–water partition coefficient (Wildman–Crippen LogP) is 1.11. The van der Waals surface area contributed by atoms with Crippen LogP contribution in [0.2, 0.25) is 0 Å². The summed E-state index contributed by atoms with van der Waals surface area (Å²) in [5, 5.41) is 0.545. The third kappa shape index (κ3) is 2.25. The summed E-state index contributed by atoms with van der Waals surface area (Å²) in [6.45, 7) is 1.87. The number of fused-ring (bicyclic) bond motifs is 1. The van der Waals surface area contributed by atoms with E-state index < -0.39 is 0 Å². The molecule has 0 aromatic heterocycles. The van der Waals surface area contributed by atoms with Crippen LogP contribution in [0, 0.1) is 0 Å². The van der Waals surface area contributed by atoms with E-state index in [0.29, 0.717) is 11.8 Å². The minimum atomic E-state index is -0.139. The van der Waals surface area contributed by atoms with Gasteiger partial charge in [0.1, 0.15) is 6.04 Å². The number of thioether (sulfide) groups is 1. The highest BCUT2D eigenvalue weighted by Crippen LogP contribution is 2.28. The normalized spacial score (nSPS) is 32.9. The summed E-state index contributed by atoms with van der Waals surface area (Å²) >= 11 is 1.97. The summed E-state index contributed by atoms with van der Waals surface area (Å²) in [6, 6.07) is -0.139. The SMILES string of the molecule is O=C1C2CCCN2C(=O)CN1CC1CCCCS1. The van der Waals surface area contributed by atoms with E-state index in [1.165, 1.54) is 25.0 Å². The summed E-state index contributed by atoms with van der Waals surface area (Å²) in [4.78, 5) is 27.9. The molecular formula is C13H20N2O2S. The van der Waals surface area contributed by atoms with E-state index in [1.807, 2.05) is 16.7 Å². The summed E-state index contributed by atoms with van der Waals surface area (Å²) < 4.78 is 0. The monoisotopic (exact) mass is 268 g/mol. The maximum absolute atomic E-state index is 12.3. The zero-order chi connectivity index (χ0) is 12.5. The van der Waals surface area contributed by atoms with Crippen LogP contribution in [0.5, 0.6) is 0 Å². The fraction of sp³-hybridized carbons (Fsp3) is 0.846. The standard InChI is InChI=1S/C13H20N2O2S/c16-12-9-14(8-10-4-1-2-7-18-10)13(17)11-5-3-6-15(11)12/h10-11H,1-9H2. The lowest BCUT2D eigenvalue weighted by atomic mass is 10.1. The quantitative estimate of drug-likeness (QED) is 0.753. The Morgan fingerprint density at radius 3 is 2.83 bits per heavy atom. The van der Waals surface area contributed by atoms with Crippen molar-refractivity contribution in [2.24, 2.45) is 0 Å². The first-order valence-corrected chi connectivity index (χ1v) is 8.00. The maximum atomic E-state index is 12.3. The summed E-state index contributed by atoms with van der Waals surface area (Å²) in [5.74, 6) is 1.55. The van der Waals surface area contributed by atoms with Gasteiger partial charge in [0.2, 0.25) is 11.8 Å². The van der Waals surface area contributed by atoms with Crippen molar-refractivity contribution in [3.05, 3.63) is 0 Å². The molecule has 0 N–H and O–H groups in total. The van der Waals surface area contributed by atoms with Crippen molar-refractivity contribution in [2.75, 3.05) is 25.4 Å². The van der Waals surface area contributed by atoms with Gasteiger partial charge in [-0.3, -0.25) is 9.59 Å². The van der Waals surface area contributed by atoms with Gasteiger partial charge in [-0.05, 0) is 31.4 Å². The van der Waals surface area contributed by atoms with E-state index in [9.17, 15) is 9.59 Å². The third-order valence-electron chi connectivity index (χ3n) is 4.19. The van der Waals surface area contributed by atoms with Gasteiger partial charge >= 0.3 is 0 Å². The Labute approximate surface area is 112 Å². The summed E-state index contributed by atoms with van der Waals surface area (Å²) in [5.41, 5.74) is 0. The lowest BCUT2D eigenvalue weighted by molar-refractivity contribution is -0.153. The Morgan fingerprint density at radius 2 is 2.06 bits per heavy atom. The number of hydrogen-bond acceptors (Lipinski definition) is 3. The minimum absolute atomic E-state index is 0.139. The van der Waals surface area contributed by atoms with Crippen molar-refractivity contribution >= 4 is 23.6 Å². The molecule has 0 aromatic carbocycles. The average Bonchev–Trinajstić information content (AvgIpc) is 2.87. The second-order valence-electron chi connectivity index (χ2n) is 5.45. The van der Waals surface area contributed by atoms with Gasteiger partial charge < -0.3 is 9.80 Å². The Hall–Kier alpha value is -0.710. The lowest BCUT2D eigenvalue weighted by Crippen LogP contribution is -2.58. The number of rotatable bonds is 2. The van der Waals surface area contributed by atoms with Crippen molar-refractivity contribution in [1.29, 1.82) is 0 Å². The summed E-state index contributed by atoms with van der Waals surface area (Å²) in [7, 11) is 0. The Morgan fingerprint density at radius 1 is 1.17 bits per heavy atom. The molecule has 100 valence electrons. The molecule has 3 fully saturated rings. The van der Waals surface area contributed by atoms with E-state index in [1.54, 1.807) is 4.90 Å². The van der Waals surface area contributed by atoms with Gasteiger partial charge in [0, 0.05) is 18.3 Å². The smallest absolute Gasteiger partial charge is 0.245 e. The molecule has 0 spiro atoms. The highest BCUT2D eigenvalue weighted by atomic mass is 32.2. The van der Waals surface area contributed by atoms with Crippen molar-refractivity contribution < 1.29 is 9.59 Å². The van der Waals surface area contributed by atoms with E-state index in [-0.39, 0.29) is 17.9 Å². The van der Waals surface area contributed by atoms with Crippen LogP contribution < -0.4 is 0 Å². The molecule has 3 aliphatic heterocycles. The summed E-state index contributed by atoms with van der Waals surface area (Å²) in [6.07, 6.45) is 5.59. The third-order valence-corrected chi connectivity index (χ3v) is 5.57. The lowest BCUT2D eigenvalue weighted by Gasteiger charge is -2.38. The van der Waals surface area contributed by atoms with Crippen LogP contribution in [0.25, 0.3) is 0 Å². The van der Waals surface area contributed by atoms with Crippen LogP contribution in [0.3, 0.4) is 0 Å². The Bertz CT molecular complexity index is 355. The van der Waals surface area contributed by atoms with Crippen molar-refractivity contribution in [3.8, 4) is 0 Å². The molecule has 2 unspecified atom stereocenters. The van der Waals surface area contributed by atoms with Crippen LogP contribution in [0.15, 0.2) is 0 Å². The highest BCUT2D eigenvalue weighted by Gasteiger charge is 2.42. The maximum Gasteiger partial charge on any atom is 0.245 e. The zero-order valence-corrected chi connectivity index (χ0v) is 11.5. The van der Waals surface area contributed by atoms with Crippen molar-refractivity contribution in [3.63, 3.8) is 0 Å². The fourth-order valence-electron chi connectivity index (χ4n) is 3.22. The number of hydrogen-bond donors (Lipinski definition) is 0. The minimum Gasteiger partial charge on any atom is -0.330 e. The van der Waals surface area contributed by atoms with Gasteiger partial charge in [0.05, 0.1) is 6.54 Å². The molecule has 3 aliphatic rings. The molecule has 4 nitrogen and oxygen atoms in total. The molecule has 2 amide bonds. The van der Waals surface area contributed by atoms with Crippen LogP contribution in [-0.4, -0.2) is 58.3 Å². The highest BCUT2D eigenvalue weighted by molar-refractivity contribution is 7.99. The van der Waals surface area contributed by atoms with Crippen molar-refractivity contribution in [1.82, 2.24) is 9.80 Å². The molecule has 3 rings (SSSR count). The van der Waals surface area contributed by atoms with Gasteiger partial charge in [0.15, 0.2) is 0 Å². The first-order valence-electron chi connectivity index (χ1n) is 6.95. The number of amides is 2. The number of carbonyl (C=O) groups excluding carboxylic acids is 2. The molecule has 3 heterocycles. The van der Waals surface area contributed by atoms with Crippen LogP contribution in [0.4, 0.5) is 0 Å².